The van der Waals surface area contributed by atoms with Gasteiger partial charge in [0, 0.05) is 72.4 Å². The number of rotatable bonds is 20. The Balaban J connectivity index is 0.000000134. The maximum absolute atomic E-state index is 14.3. The SMILES string of the molecule is C/C=C/c1cc(Nc2nc(N)nc(N3CC(F)CC3c3ccc(F)cc3)n2)n[nH]1.C/C=C/c1cc(Nc2nc(N)nc(N3CC(F)CC3c3ccc(F)cc3F)n2)n[nH]1.C/C=C/c1cc(Nc2nc(N)nc(N3CCCC3c3ccc(Cl)cc3)n2)n[nH]1.C/C=C/c1cc(Nc2nc(N)nc(N3CCCC3c3ccccc3F)n2)n[nH]1. The molecule has 0 bridgehead atoms. The van der Waals surface area contributed by atoms with E-state index in [1.54, 1.807) is 41.3 Å². The lowest BCUT2D eigenvalue weighted by Gasteiger charge is -2.25. The Hall–Kier alpha value is -13.8. The predicted octanol–water partition coefficient (Wildman–Crippen LogP) is 14.3. The van der Waals surface area contributed by atoms with Gasteiger partial charge in [-0.3, -0.25) is 20.4 Å². The second-order valence-corrected chi connectivity index (χ2v) is 27.0. The summed E-state index contributed by atoms with van der Waals surface area (Å²) in [6, 6.07) is 30.1. The molecule has 594 valence electrons. The van der Waals surface area contributed by atoms with E-state index in [0.717, 1.165) is 84.3 Å². The van der Waals surface area contributed by atoms with Crippen molar-refractivity contribution in [1.29, 1.82) is 0 Å². The average Bonchev–Trinajstić information content (AvgIpc) is 1.71. The number of hydrogen-bond acceptors (Lipinski definition) is 28. The number of nitrogens with two attached hydrogens (primary N) is 4. The van der Waals surface area contributed by atoms with Crippen LogP contribution in [0.1, 0.15) is 135 Å². The lowest BCUT2D eigenvalue weighted by Crippen LogP contribution is -2.27. The van der Waals surface area contributed by atoms with Crippen LogP contribution in [-0.2, 0) is 0 Å². The summed E-state index contributed by atoms with van der Waals surface area (Å²) in [6.07, 6.45) is 16.9. The lowest BCUT2D eigenvalue weighted by molar-refractivity contribution is 0.355. The van der Waals surface area contributed by atoms with Crippen LogP contribution >= 0.6 is 11.6 Å². The maximum atomic E-state index is 14.3. The summed E-state index contributed by atoms with van der Waals surface area (Å²) < 4.78 is 83.7. The smallest absolute Gasteiger partial charge is 0.235 e. The van der Waals surface area contributed by atoms with E-state index in [1.807, 2.05) is 124 Å². The van der Waals surface area contributed by atoms with Crippen LogP contribution in [0.2, 0.25) is 5.02 Å². The molecule has 16 rings (SSSR count). The molecule has 16 N–H and O–H groups in total. The largest absolute Gasteiger partial charge is 0.368 e. The number of nitrogen functional groups attached to an aromatic ring is 4. The van der Waals surface area contributed by atoms with Gasteiger partial charge in [0.25, 0.3) is 0 Å². The molecule has 0 aliphatic carbocycles. The van der Waals surface area contributed by atoms with Crippen molar-refractivity contribution in [3.63, 3.8) is 0 Å². The fraction of sp³-hybridized carbons (Fsp3) is 0.263. The summed E-state index contributed by atoms with van der Waals surface area (Å²) in [4.78, 5) is 58.5. The van der Waals surface area contributed by atoms with Gasteiger partial charge in [0.15, 0.2) is 23.3 Å². The first kappa shape index (κ1) is 79.3. The zero-order valence-corrected chi connectivity index (χ0v) is 63.3. The molecule has 0 saturated carbocycles. The molecule has 6 unspecified atom stereocenters. The Bertz CT molecular complexity index is 5400. The molecule has 4 fully saturated rings. The highest BCUT2D eigenvalue weighted by molar-refractivity contribution is 6.30. The number of nitrogens with zero attached hydrogens (tertiary/aromatic N) is 20. The van der Waals surface area contributed by atoms with Crippen LogP contribution in [0.4, 0.5) is 121 Å². The molecule has 0 amide bonds. The fourth-order valence-corrected chi connectivity index (χ4v) is 13.7. The van der Waals surface area contributed by atoms with Crippen molar-refractivity contribution in [3.8, 4) is 0 Å². The van der Waals surface area contributed by atoms with Crippen LogP contribution < -0.4 is 63.8 Å². The summed E-state index contributed by atoms with van der Waals surface area (Å²) in [5, 5.41) is 40.8. The fourth-order valence-electron chi connectivity index (χ4n) is 13.6. The van der Waals surface area contributed by atoms with Crippen molar-refractivity contribution >= 4 is 131 Å². The minimum Gasteiger partial charge on any atom is -0.368 e. The van der Waals surface area contributed by atoms with Crippen LogP contribution in [0.15, 0.2) is 140 Å². The first-order valence-electron chi connectivity index (χ1n) is 36.6. The summed E-state index contributed by atoms with van der Waals surface area (Å²) in [6.45, 7) is 9.27. The molecule has 115 heavy (non-hydrogen) atoms. The molecule has 4 saturated heterocycles. The van der Waals surface area contributed by atoms with Gasteiger partial charge < -0.3 is 63.8 Å². The van der Waals surface area contributed by atoms with Crippen molar-refractivity contribution in [3.05, 3.63) is 213 Å². The van der Waals surface area contributed by atoms with Crippen LogP contribution in [0.3, 0.4) is 0 Å². The molecule has 4 aliphatic rings. The third kappa shape index (κ3) is 20.3. The van der Waals surface area contributed by atoms with Gasteiger partial charge in [-0.15, -0.1) is 0 Å². The van der Waals surface area contributed by atoms with E-state index >= 15 is 0 Å². The molecule has 4 aromatic carbocycles. The van der Waals surface area contributed by atoms with E-state index in [-0.39, 0.29) is 109 Å². The van der Waals surface area contributed by atoms with E-state index in [0.29, 0.717) is 52.6 Å². The van der Waals surface area contributed by atoms with Crippen molar-refractivity contribution < 1.29 is 26.3 Å². The number of alkyl halides is 2. The van der Waals surface area contributed by atoms with Gasteiger partial charge in [0.05, 0.1) is 60.0 Å². The first-order chi connectivity index (χ1) is 55.7. The second kappa shape index (κ2) is 36.6. The second-order valence-electron chi connectivity index (χ2n) is 26.6. The molecular formula is C76H81ClF6N32. The zero-order chi connectivity index (χ0) is 80.7. The van der Waals surface area contributed by atoms with Crippen molar-refractivity contribution in [2.75, 3.05) is 90.0 Å². The predicted molar refractivity (Wildman–Crippen MR) is 432 cm³/mol. The topological polar surface area (TPSA) is 435 Å². The Morgan fingerprint density at radius 1 is 0.391 bits per heavy atom. The van der Waals surface area contributed by atoms with Crippen molar-refractivity contribution in [2.24, 2.45) is 0 Å². The highest BCUT2D eigenvalue weighted by Crippen LogP contribution is 2.41. The number of halogens is 7. The minimum atomic E-state index is -1.23. The third-order valence-electron chi connectivity index (χ3n) is 18.4. The molecule has 12 heterocycles. The number of anilines is 16. The number of hydrogen-bond donors (Lipinski definition) is 12. The van der Waals surface area contributed by atoms with E-state index in [2.05, 4.69) is 127 Å². The average molecular weight is 1590 g/mol. The molecule has 6 atom stereocenters. The standard InChI is InChI=1S/C19H21ClN8.C19H19F3N8.C19H20F2N8.C19H21FN8/c1-2-4-14-11-16(27-26-14)22-18-23-17(21)24-19(25-18)28-10-3-5-15(28)12-6-8-13(20)9-7-12;1-2-3-12-8-16(29-28-12)24-18-25-17(23)26-19(27-18)30-9-11(21)7-15(30)13-5-4-10(20)6-14(13)22;1-2-3-14-9-16(28-27-14)23-18-24-17(22)25-19(26-18)29-10-13(21)8-15(29)11-4-6-12(20)7-5-11;1-2-6-12-11-16(27-26-12)22-18-23-17(21)24-19(25-18)28-10-5-9-15(28)13-7-3-4-8-14(13)20/h2,4,6-9,11,15H,3,5,10H2,1H3,(H4,21,22,23,24,25,26,27);2-6,8,11,15H,7,9H2,1H3,(H4,23,24,25,26,27,28,29);2-7,9,13,15H,8,10H2,1H3,(H4,22,23,24,25,26,27,28);2-4,6-8,11,15H,5,9-10H2,1H3,(H4,21,22,23,24,25,26,27)/b4-2+;2*3-2+;6-2+. The normalized spacial score (nSPS) is 18.0. The van der Waals surface area contributed by atoms with E-state index < -0.39 is 30.0 Å². The lowest BCUT2D eigenvalue weighted by atomic mass is 10.0. The third-order valence-corrected chi connectivity index (χ3v) is 18.7. The molecule has 8 aromatic heterocycles. The summed E-state index contributed by atoms with van der Waals surface area (Å²) in [7, 11) is 0. The molecule has 32 nitrogen and oxygen atoms in total. The Morgan fingerprint density at radius 2 is 0.748 bits per heavy atom. The monoisotopic (exact) mass is 1590 g/mol. The van der Waals surface area contributed by atoms with Crippen LogP contribution in [0.5, 0.6) is 0 Å². The quantitative estimate of drug-likeness (QED) is 0.0315. The number of nitrogens with one attached hydrogen (secondary N) is 8. The van der Waals surface area contributed by atoms with E-state index in [1.165, 1.54) is 34.7 Å². The van der Waals surface area contributed by atoms with Gasteiger partial charge in [0.1, 0.15) is 35.6 Å². The maximum Gasteiger partial charge on any atom is 0.235 e. The van der Waals surface area contributed by atoms with Crippen LogP contribution in [-0.4, -0.2) is 139 Å². The summed E-state index contributed by atoms with van der Waals surface area (Å²) in [5.74, 6) is 2.54. The van der Waals surface area contributed by atoms with Crippen LogP contribution in [0.25, 0.3) is 24.3 Å². The van der Waals surface area contributed by atoms with Crippen LogP contribution in [0, 0.1) is 23.3 Å². The number of aromatic amines is 4. The van der Waals surface area contributed by atoms with Gasteiger partial charge in [-0.25, -0.2) is 26.3 Å². The Kier molecular flexibility index (Phi) is 25.2. The molecule has 39 heteroatoms. The summed E-state index contributed by atoms with van der Waals surface area (Å²) in [5.41, 5.74) is 29.6. The van der Waals surface area contributed by atoms with E-state index in [9.17, 15) is 26.3 Å². The highest BCUT2D eigenvalue weighted by atomic mass is 35.5. The van der Waals surface area contributed by atoms with Gasteiger partial charge in [-0.1, -0.05) is 84.4 Å². The molecule has 0 spiro atoms. The van der Waals surface area contributed by atoms with Crippen molar-refractivity contribution in [2.45, 2.75) is 103 Å². The number of benzene rings is 4. The number of aromatic nitrogens is 20. The first-order valence-corrected chi connectivity index (χ1v) is 37.0. The highest BCUT2D eigenvalue weighted by Gasteiger charge is 2.39. The van der Waals surface area contributed by atoms with E-state index in [4.69, 9.17) is 34.5 Å². The van der Waals surface area contributed by atoms with Gasteiger partial charge in [-0.2, -0.15) is 80.2 Å². The molecule has 4 aliphatic heterocycles. The van der Waals surface area contributed by atoms with Crippen molar-refractivity contribution in [1.82, 2.24) is 101 Å². The number of allylic oxidation sites excluding steroid dienone is 4. The van der Waals surface area contributed by atoms with Gasteiger partial charge >= 0.3 is 0 Å². The molecular weight excluding hydrogens is 1510 g/mol. The van der Waals surface area contributed by atoms with Gasteiger partial charge in [0.2, 0.25) is 71.4 Å². The zero-order valence-electron chi connectivity index (χ0n) is 62.5. The Morgan fingerprint density at radius 3 is 1.17 bits per heavy atom. The Labute approximate surface area is 660 Å². The van der Waals surface area contributed by atoms with Gasteiger partial charge in [-0.05, 0) is 125 Å². The molecule has 0 radical (unpaired) electrons. The molecule has 12 aromatic rings. The number of H-pyrrole nitrogens is 4. The summed E-state index contributed by atoms with van der Waals surface area (Å²) >= 11 is 6.03. The minimum absolute atomic E-state index is 0.00174.